The first-order chi connectivity index (χ1) is 16.2. The largest absolute Gasteiger partial charge is 0.453 e. The Balaban J connectivity index is 2.23. The Morgan fingerprint density at radius 1 is 1.44 bits per heavy atom. The highest BCUT2D eigenvalue weighted by Gasteiger charge is 2.47. The summed E-state index contributed by atoms with van der Waals surface area (Å²) in [5.41, 5.74) is 5.65. The first kappa shape index (κ1) is 26.4. The fourth-order valence-corrected chi connectivity index (χ4v) is 3.73. The second kappa shape index (κ2) is 11.8. The second-order valence-electron chi connectivity index (χ2n) is 7.89. The molecule has 1 aromatic rings. The predicted molar refractivity (Wildman–Crippen MR) is 126 cm³/mol. The number of amidine groups is 1. The van der Waals surface area contributed by atoms with E-state index in [0.717, 1.165) is 18.2 Å². The van der Waals surface area contributed by atoms with Crippen LogP contribution in [0.2, 0.25) is 0 Å². The maximum Gasteiger partial charge on any atom is 0.412 e. The Labute approximate surface area is 199 Å². The number of halogens is 1. The van der Waals surface area contributed by atoms with E-state index in [1.807, 2.05) is 35.2 Å². The average Bonchev–Trinajstić information content (AvgIpc) is 2.81. The molecule has 34 heavy (non-hydrogen) atoms. The van der Waals surface area contributed by atoms with E-state index in [1.165, 1.54) is 12.1 Å². The number of carbonyl (C=O) groups is 2. The van der Waals surface area contributed by atoms with E-state index < -0.39 is 23.7 Å². The molecule has 0 bridgehead atoms. The number of nitrogens with zero attached hydrogens (tertiary/aromatic N) is 4. The number of hydrogen-bond donors (Lipinski definition) is 2. The minimum atomic E-state index is -1.44. The van der Waals surface area contributed by atoms with Gasteiger partial charge in [-0.25, -0.2) is 9.18 Å². The van der Waals surface area contributed by atoms with Crippen molar-refractivity contribution in [3.8, 4) is 17.9 Å². The van der Waals surface area contributed by atoms with Crippen molar-refractivity contribution in [2.24, 2.45) is 10.8 Å². The van der Waals surface area contributed by atoms with Gasteiger partial charge < -0.3 is 10.5 Å². The minimum Gasteiger partial charge on any atom is -0.453 e. The lowest BCUT2D eigenvalue weighted by molar-refractivity contribution is -0.114. The molecule has 1 saturated heterocycles. The Kier molecular flexibility index (Phi) is 9.17. The third-order valence-electron chi connectivity index (χ3n) is 5.76. The van der Waals surface area contributed by atoms with Crippen molar-refractivity contribution in [2.75, 3.05) is 27.2 Å². The van der Waals surface area contributed by atoms with Gasteiger partial charge in [0.15, 0.2) is 5.84 Å². The number of benzene rings is 1. The van der Waals surface area contributed by atoms with Crippen LogP contribution in [0.3, 0.4) is 0 Å². The lowest BCUT2D eigenvalue weighted by atomic mass is 9.82. The number of likely N-dealkylation sites (tertiary alicyclic amines) is 1. The standard InChI is InChI=1S/C24H29FN6O3/c1-5-6-18-7-9-19(10-8-18)15-31-14-12-24(11-13-26,20(25)16-31)30(3)29-22(17(2)21(27)32)28-23(33)34-4/h7-10,20H,2,11-12,14-16H2,1,3-4H3,(H2,27,32)(H,28,29,33). The molecule has 3 N–H and O–H groups in total. The molecule has 1 heterocycles. The van der Waals surface area contributed by atoms with Crippen LogP contribution in [0.4, 0.5) is 9.18 Å². The maximum atomic E-state index is 15.6. The summed E-state index contributed by atoms with van der Waals surface area (Å²) in [4.78, 5) is 25.3. The Hall–Kier alpha value is -3.89. The molecule has 2 atom stereocenters. The zero-order valence-electron chi connectivity index (χ0n) is 19.6. The monoisotopic (exact) mass is 468 g/mol. The SMILES string of the molecule is C=C(C(N)=O)/C(=N\N(C)C1(CC#N)CCN(Cc2ccc(C#CC)cc2)CC1F)NC(=O)OC. The minimum absolute atomic E-state index is 0.0780. The van der Waals surface area contributed by atoms with Crippen LogP contribution in [0, 0.1) is 23.2 Å². The van der Waals surface area contributed by atoms with Gasteiger partial charge in [0.1, 0.15) is 11.7 Å². The molecule has 0 aromatic heterocycles. The van der Waals surface area contributed by atoms with Crippen LogP contribution in [-0.2, 0) is 16.1 Å². The van der Waals surface area contributed by atoms with Gasteiger partial charge in [-0.1, -0.05) is 24.6 Å². The number of alkyl carbamates (subject to hydrolysis) is 1. The van der Waals surface area contributed by atoms with E-state index in [2.05, 4.69) is 33.6 Å². The highest BCUT2D eigenvalue weighted by Crippen LogP contribution is 2.34. The number of carbonyl (C=O) groups excluding carboxylic acids is 2. The molecule has 2 unspecified atom stereocenters. The number of nitrogens with one attached hydrogen (secondary N) is 1. The topological polar surface area (TPSA) is 124 Å². The molecule has 1 aromatic carbocycles. The predicted octanol–water partition coefficient (Wildman–Crippen LogP) is 1.90. The van der Waals surface area contributed by atoms with Gasteiger partial charge in [-0.15, -0.1) is 5.92 Å². The van der Waals surface area contributed by atoms with Crippen LogP contribution >= 0.6 is 0 Å². The van der Waals surface area contributed by atoms with Gasteiger partial charge >= 0.3 is 6.09 Å². The van der Waals surface area contributed by atoms with E-state index in [1.54, 1.807) is 6.92 Å². The number of hydrogen-bond acceptors (Lipinski definition) is 7. The first-order valence-electron chi connectivity index (χ1n) is 10.6. The molecule has 0 aliphatic carbocycles. The van der Waals surface area contributed by atoms with Gasteiger partial charge in [-0.3, -0.25) is 20.0 Å². The molecular formula is C24H29FN6O3. The van der Waals surface area contributed by atoms with Gasteiger partial charge in [-0.2, -0.15) is 10.4 Å². The highest BCUT2D eigenvalue weighted by molar-refractivity contribution is 6.22. The number of ether oxygens (including phenoxy) is 1. The third-order valence-corrected chi connectivity index (χ3v) is 5.76. The molecule has 9 nitrogen and oxygen atoms in total. The normalized spacial score (nSPS) is 20.3. The number of piperidine rings is 1. The number of nitrogens with two attached hydrogens (primary N) is 1. The maximum absolute atomic E-state index is 15.6. The number of methoxy groups -OCH3 is 1. The molecule has 2 amide bonds. The van der Waals surface area contributed by atoms with Crippen molar-refractivity contribution in [3.63, 3.8) is 0 Å². The van der Waals surface area contributed by atoms with Crippen molar-refractivity contribution in [1.82, 2.24) is 15.2 Å². The number of rotatable bonds is 7. The summed E-state index contributed by atoms with van der Waals surface area (Å²) < 4.78 is 20.2. The summed E-state index contributed by atoms with van der Waals surface area (Å²) in [7, 11) is 2.62. The number of hydrazone groups is 1. The quantitative estimate of drug-likeness (QED) is 0.207. The first-order valence-corrected chi connectivity index (χ1v) is 10.6. The molecule has 10 heteroatoms. The number of nitriles is 1. The third kappa shape index (κ3) is 6.33. The van der Waals surface area contributed by atoms with Crippen LogP contribution in [0.15, 0.2) is 41.5 Å². The van der Waals surface area contributed by atoms with Crippen LogP contribution in [0.1, 0.15) is 30.9 Å². The summed E-state index contributed by atoms with van der Waals surface area (Å²) in [6.07, 6.45) is -2.20. The van der Waals surface area contributed by atoms with Crippen LogP contribution in [-0.4, -0.2) is 66.7 Å². The lowest BCUT2D eigenvalue weighted by Gasteiger charge is -2.47. The summed E-state index contributed by atoms with van der Waals surface area (Å²) >= 11 is 0. The lowest BCUT2D eigenvalue weighted by Crippen LogP contribution is -2.60. The molecule has 1 aliphatic rings. The molecule has 0 radical (unpaired) electrons. The smallest absolute Gasteiger partial charge is 0.412 e. The highest BCUT2D eigenvalue weighted by atomic mass is 19.1. The number of amides is 2. The summed E-state index contributed by atoms with van der Waals surface area (Å²) in [5.74, 6) is 4.65. The van der Waals surface area contributed by atoms with E-state index in [0.29, 0.717) is 13.1 Å². The van der Waals surface area contributed by atoms with Crippen molar-refractivity contribution in [2.45, 2.75) is 38.0 Å². The van der Waals surface area contributed by atoms with Crippen LogP contribution in [0.25, 0.3) is 0 Å². The Morgan fingerprint density at radius 2 is 2.12 bits per heavy atom. The number of alkyl halides is 1. The zero-order valence-corrected chi connectivity index (χ0v) is 19.6. The van der Waals surface area contributed by atoms with Gasteiger partial charge in [-0.05, 0) is 31.0 Å². The summed E-state index contributed by atoms with van der Waals surface area (Å²) in [6.45, 7) is 6.43. The van der Waals surface area contributed by atoms with E-state index in [4.69, 9.17) is 5.73 Å². The van der Waals surface area contributed by atoms with Crippen molar-refractivity contribution < 1.29 is 18.7 Å². The van der Waals surface area contributed by atoms with E-state index >= 15 is 4.39 Å². The molecule has 1 fully saturated rings. The second-order valence-corrected chi connectivity index (χ2v) is 7.89. The van der Waals surface area contributed by atoms with Gasteiger partial charge in [0.05, 0.1) is 25.2 Å². The molecule has 2 rings (SSSR count). The fraction of sp³-hybridized carbons (Fsp3) is 0.417. The van der Waals surface area contributed by atoms with Gasteiger partial charge in [0.25, 0.3) is 5.91 Å². The number of primary amides is 1. The van der Waals surface area contributed by atoms with Crippen molar-refractivity contribution in [3.05, 3.63) is 47.5 Å². The molecule has 180 valence electrons. The van der Waals surface area contributed by atoms with Crippen LogP contribution < -0.4 is 11.1 Å². The fourth-order valence-electron chi connectivity index (χ4n) is 3.73. The van der Waals surface area contributed by atoms with Gasteiger partial charge in [0, 0.05) is 32.2 Å². The summed E-state index contributed by atoms with van der Waals surface area (Å²) in [5, 5.41) is 17.2. The molecule has 0 saturated carbocycles. The zero-order chi connectivity index (χ0) is 25.3. The molecule has 1 aliphatic heterocycles. The Morgan fingerprint density at radius 3 is 2.65 bits per heavy atom. The van der Waals surface area contributed by atoms with E-state index in [9.17, 15) is 14.9 Å². The van der Waals surface area contributed by atoms with Crippen molar-refractivity contribution >= 4 is 17.8 Å². The van der Waals surface area contributed by atoms with E-state index in [-0.39, 0.29) is 30.8 Å². The average molecular weight is 469 g/mol. The molecule has 0 spiro atoms. The summed E-state index contributed by atoms with van der Waals surface area (Å²) in [6, 6.07) is 9.81. The Bertz CT molecular complexity index is 1050. The van der Waals surface area contributed by atoms with Gasteiger partial charge in [0.2, 0.25) is 0 Å². The van der Waals surface area contributed by atoms with Crippen molar-refractivity contribution in [1.29, 1.82) is 5.26 Å². The van der Waals surface area contributed by atoms with Crippen LogP contribution in [0.5, 0.6) is 0 Å². The molecular weight excluding hydrogens is 439 g/mol.